The van der Waals surface area contributed by atoms with Crippen molar-refractivity contribution in [2.24, 2.45) is 0 Å². The molecule has 0 amide bonds. The zero-order chi connectivity index (χ0) is 12.4. The van der Waals surface area contributed by atoms with Crippen LogP contribution in [0.3, 0.4) is 0 Å². The second kappa shape index (κ2) is 5.06. The lowest BCUT2D eigenvalue weighted by Gasteiger charge is -2.09. The van der Waals surface area contributed by atoms with Crippen LogP contribution >= 0.6 is 31.9 Å². The van der Waals surface area contributed by atoms with Gasteiger partial charge < -0.3 is 10.3 Å². The summed E-state index contributed by atoms with van der Waals surface area (Å²) in [5.41, 5.74) is 6.83. The van der Waals surface area contributed by atoms with Crippen molar-refractivity contribution in [3.05, 3.63) is 61.4 Å². The van der Waals surface area contributed by atoms with E-state index in [1.54, 1.807) is 12.4 Å². The average Bonchev–Trinajstić information content (AvgIpc) is 2.29. The molecule has 17 heavy (non-hydrogen) atoms. The third-order valence-electron chi connectivity index (χ3n) is 2.37. The molecule has 1 aromatic heterocycles. The van der Waals surface area contributed by atoms with E-state index in [-0.39, 0.29) is 11.1 Å². The molecule has 1 aromatic carbocycles. The van der Waals surface area contributed by atoms with E-state index < -0.39 is 0 Å². The molecule has 5 heteroatoms. The van der Waals surface area contributed by atoms with Gasteiger partial charge in [0.15, 0.2) is 0 Å². The van der Waals surface area contributed by atoms with Crippen LogP contribution in [-0.4, -0.2) is 4.57 Å². The van der Waals surface area contributed by atoms with E-state index in [0.29, 0.717) is 11.0 Å². The first-order valence-corrected chi connectivity index (χ1v) is 6.55. The number of rotatable bonds is 2. The highest BCUT2D eigenvalue weighted by Gasteiger charge is 2.04. The molecule has 2 rings (SSSR count). The van der Waals surface area contributed by atoms with Crippen molar-refractivity contribution < 1.29 is 0 Å². The lowest BCUT2D eigenvalue weighted by atomic mass is 10.2. The molecule has 0 unspecified atom stereocenters. The summed E-state index contributed by atoms with van der Waals surface area (Å²) < 4.78 is 3.39. The Labute approximate surface area is 116 Å². The Bertz CT molecular complexity index is 581. The Balaban J connectivity index is 2.38. The van der Waals surface area contributed by atoms with Crippen LogP contribution in [0.5, 0.6) is 0 Å². The van der Waals surface area contributed by atoms with Gasteiger partial charge in [-0.25, -0.2) is 0 Å². The number of aromatic nitrogens is 1. The first-order chi connectivity index (χ1) is 8.08. The third kappa shape index (κ3) is 2.79. The minimum absolute atomic E-state index is 0.173. The summed E-state index contributed by atoms with van der Waals surface area (Å²) in [5, 5.41) is 0. The Morgan fingerprint density at radius 2 is 1.82 bits per heavy atom. The number of hydrogen-bond acceptors (Lipinski definition) is 2. The minimum atomic E-state index is -0.173. The van der Waals surface area contributed by atoms with Gasteiger partial charge in [0.2, 0.25) is 5.43 Å². The van der Waals surface area contributed by atoms with Crippen molar-refractivity contribution in [3.63, 3.8) is 0 Å². The van der Waals surface area contributed by atoms with E-state index in [0.717, 1.165) is 10.0 Å². The molecule has 0 aliphatic rings. The van der Waals surface area contributed by atoms with Gasteiger partial charge in [-0.1, -0.05) is 34.1 Å². The monoisotopic (exact) mass is 356 g/mol. The second-order valence-electron chi connectivity index (χ2n) is 3.65. The third-order valence-corrected chi connectivity index (χ3v) is 3.71. The molecule has 2 aromatic rings. The number of halogens is 2. The second-order valence-corrected chi connectivity index (χ2v) is 5.36. The van der Waals surface area contributed by atoms with Crippen LogP contribution in [0.15, 0.2) is 50.4 Å². The van der Waals surface area contributed by atoms with Crippen LogP contribution in [0.4, 0.5) is 5.69 Å². The molecule has 0 aliphatic heterocycles. The Kier molecular flexibility index (Phi) is 3.69. The summed E-state index contributed by atoms with van der Waals surface area (Å²) >= 11 is 6.69. The molecule has 0 saturated carbocycles. The van der Waals surface area contributed by atoms with Gasteiger partial charge in [0.05, 0.1) is 10.2 Å². The van der Waals surface area contributed by atoms with Crippen molar-refractivity contribution >= 4 is 37.5 Å². The van der Waals surface area contributed by atoms with Gasteiger partial charge in [0.25, 0.3) is 0 Å². The van der Waals surface area contributed by atoms with Crippen molar-refractivity contribution in [2.75, 3.05) is 5.73 Å². The van der Waals surface area contributed by atoms with Gasteiger partial charge in [-0.2, -0.15) is 0 Å². The first-order valence-electron chi connectivity index (χ1n) is 4.96. The molecule has 3 nitrogen and oxygen atoms in total. The number of nitrogen functional groups attached to an aromatic ring is 1. The number of anilines is 1. The molecule has 1 heterocycles. The predicted octanol–water partition coefficient (Wildman–Crippen LogP) is 3.00. The fourth-order valence-electron chi connectivity index (χ4n) is 1.53. The van der Waals surface area contributed by atoms with Crippen molar-refractivity contribution in [1.29, 1.82) is 0 Å². The van der Waals surface area contributed by atoms with Crippen LogP contribution in [0.25, 0.3) is 0 Å². The molecule has 0 radical (unpaired) electrons. The van der Waals surface area contributed by atoms with Crippen molar-refractivity contribution in [2.45, 2.75) is 6.54 Å². The smallest absolute Gasteiger partial charge is 0.218 e. The molecule has 0 atom stereocenters. The van der Waals surface area contributed by atoms with E-state index in [9.17, 15) is 4.79 Å². The topological polar surface area (TPSA) is 48.0 Å². The van der Waals surface area contributed by atoms with Gasteiger partial charge in [-0.15, -0.1) is 0 Å². The molecular weight excluding hydrogens is 348 g/mol. The molecular formula is C12H10Br2N2O. The maximum atomic E-state index is 11.4. The standard InChI is InChI=1S/C12H10Br2N2O/c13-9-4-2-1-3-8(9)5-16-6-10(14)12(17)11(15)7-16/h1-4,6-7H,5,15H2. The number of nitrogens with zero attached hydrogens (tertiary/aromatic N) is 1. The first kappa shape index (κ1) is 12.4. The Morgan fingerprint density at radius 3 is 2.47 bits per heavy atom. The van der Waals surface area contributed by atoms with Gasteiger partial charge in [0.1, 0.15) is 0 Å². The van der Waals surface area contributed by atoms with Crippen LogP contribution in [0.2, 0.25) is 0 Å². The molecule has 0 bridgehead atoms. The summed E-state index contributed by atoms with van der Waals surface area (Å²) in [6, 6.07) is 7.94. The number of pyridine rings is 1. The van der Waals surface area contributed by atoms with Crippen LogP contribution in [-0.2, 0) is 6.54 Å². The summed E-state index contributed by atoms with van der Waals surface area (Å²) in [6.07, 6.45) is 3.38. The van der Waals surface area contributed by atoms with E-state index in [2.05, 4.69) is 31.9 Å². The maximum Gasteiger partial charge on any atom is 0.218 e. The number of hydrogen-bond donors (Lipinski definition) is 1. The summed E-state index contributed by atoms with van der Waals surface area (Å²) in [7, 11) is 0. The quantitative estimate of drug-likeness (QED) is 0.898. The maximum absolute atomic E-state index is 11.4. The fraction of sp³-hybridized carbons (Fsp3) is 0.0833. The zero-order valence-electron chi connectivity index (χ0n) is 8.86. The van der Waals surface area contributed by atoms with Crippen molar-refractivity contribution in [1.82, 2.24) is 4.57 Å². The lowest BCUT2D eigenvalue weighted by molar-refractivity contribution is 0.784. The molecule has 2 N–H and O–H groups in total. The normalized spacial score (nSPS) is 10.5. The number of benzene rings is 1. The highest BCUT2D eigenvalue weighted by atomic mass is 79.9. The van der Waals surface area contributed by atoms with E-state index in [1.807, 2.05) is 28.8 Å². The van der Waals surface area contributed by atoms with E-state index in [1.165, 1.54) is 0 Å². The van der Waals surface area contributed by atoms with Crippen molar-refractivity contribution in [3.8, 4) is 0 Å². The molecule has 0 fully saturated rings. The van der Waals surface area contributed by atoms with Crippen LogP contribution in [0.1, 0.15) is 5.56 Å². The largest absolute Gasteiger partial charge is 0.394 e. The van der Waals surface area contributed by atoms with E-state index in [4.69, 9.17) is 5.73 Å². The summed E-state index contributed by atoms with van der Waals surface area (Å²) in [6.45, 7) is 0.657. The highest BCUT2D eigenvalue weighted by molar-refractivity contribution is 9.10. The van der Waals surface area contributed by atoms with Gasteiger partial charge in [-0.3, -0.25) is 4.79 Å². The number of nitrogens with two attached hydrogens (primary N) is 1. The fourth-order valence-corrected chi connectivity index (χ4v) is 2.43. The Hall–Kier alpha value is -1.07. The van der Waals surface area contributed by atoms with E-state index >= 15 is 0 Å². The van der Waals surface area contributed by atoms with Crippen LogP contribution < -0.4 is 11.2 Å². The lowest BCUT2D eigenvalue weighted by Crippen LogP contribution is -2.13. The van der Waals surface area contributed by atoms with Crippen LogP contribution in [0, 0.1) is 0 Å². The molecule has 0 saturated heterocycles. The SMILES string of the molecule is Nc1cn(Cc2ccccc2Br)cc(Br)c1=O. The molecule has 0 aliphatic carbocycles. The summed E-state index contributed by atoms with van der Waals surface area (Å²) in [5.74, 6) is 0. The highest BCUT2D eigenvalue weighted by Crippen LogP contribution is 2.17. The van der Waals surface area contributed by atoms with Gasteiger partial charge >= 0.3 is 0 Å². The van der Waals surface area contributed by atoms with Gasteiger partial charge in [0, 0.05) is 23.4 Å². The Morgan fingerprint density at radius 1 is 1.12 bits per heavy atom. The minimum Gasteiger partial charge on any atom is -0.394 e. The zero-order valence-corrected chi connectivity index (χ0v) is 12.0. The summed E-state index contributed by atoms with van der Waals surface area (Å²) in [4.78, 5) is 11.4. The molecule has 0 spiro atoms. The molecule has 88 valence electrons. The predicted molar refractivity (Wildman–Crippen MR) is 76.1 cm³/mol. The van der Waals surface area contributed by atoms with Gasteiger partial charge in [-0.05, 0) is 27.6 Å². The average molecular weight is 358 g/mol.